The zero-order valence-corrected chi connectivity index (χ0v) is 21.9. The summed E-state index contributed by atoms with van der Waals surface area (Å²) in [5.74, 6) is 1.03. The molecule has 0 aliphatic carbocycles. The highest BCUT2D eigenvalue weighted by Crippen LogP contribution is 2.29. The van der Waals surface area contributed by atoms with E-state index in [1.54, 1.807) is 17.9 Å². The summed E-state index contributed by atoms with van der Waals surface area (Å²) < 4.78 is 11.3. The van der Waals surface area contributed by atoms with Gasteiger partial charge in [-0.3, -0.25) is 9.59 Å². The van der Waals surface area contributed by atoms with E-state index < -0.39 is 11.6 Å². The molecule has 34 heavy (non-hydrogen) atoms. The highest BCUT2D eigenvalue weighted by molar-refractivity contribution is 6.31. The highest BCUT2D eigenvalue weighted by atomic mass is 35.5. The molecule has 0 aliphatic rings. The van der Waals surface area contributed by atoms with Crippen LogP contribution < -0.4 is 14.8 Å². The van der Waals surface area contributed by atoms with Gasteiger partial charge in [0.1, 0.15) is 6.04 Å². The summed E-state index contributed by atoms with van der Waals surface area (Å²) in [4.78, 5) is 27.9. The normalized spacial score (nSPS) is 12.1. The van der Waals surface area contributed by atoms with E-state index in [4.69, 9.17) is 21.1 Å². The van der Waals surface area contributed by atoms with Crippen LogP contribution in [0.2, 0.25) is 5.02 Å². The highest BCUT2D eigenvalue weighted by Gasteiger charge is 2.28. The van der Waals surface area contributed by atoms with E-state index >= 15 is 0 Å². The van der Waals surface area contributed by atoms with Gasteiger partial charge >= 0.3 is 0 Å². The lowest BCUT2D eigenvalue weighted by Gasteiger charge is -2.31. The van der Waals surface area contributed by atoms with Gasteiger partial charge in [0.25, 0.3) is 0 Å². The summed E-state index contributed by atoms with van der Waals surface area (Å²) in [6.45, 7) is 12.7. The number of halogens is 1. The second-order valence-electron chi connectivity index (χ2n) is 9.18. The second kappa shape index (κ2) is 12.7. The summed E-state index contributed by atoms with van der Waals surface area (Å²) in [5.41, 5.74) is 1.36. The monoisotopic (exact) mass is 488 g/mol. The number of rotatable bonds is 11. The Balaban J connectivity index is 2.21. The third kappa shape index (κ3) is 8.24. The number of nitrogens with zero attached hydrogens (tertiary/aromatic N) is 1. The maximum Gasteiger partial charge on any atom is 0.242 e. The van der Waals surface area contributed by atoms with Crippen molar-refractivity contribution in [1.82, 2.24) is 10.2 Å². The number of hydrogen-bond donors (Lipinski definition) is 1. The van der Waals surface area contributed by atoms with E-state index in [0.29, 0.717) is 36.2 Å². The van der Waals surface area contributed by atoms with Gasteiger partial charge < -0.3 is 19.7 Å². The Kier molecular flexibility index (Phi) is 10.2. The zero-order chi connectivity index (χ0) is 25.3. The lowest BCUT2D eigenvalue weighted by atomic mass is 10.1. The topological polar surface area (TPSA) is 67.9 Å². The molecule has 0 spiro atoms. The van der Waals surface area contributed by atoms with Crippen LogP contribution in [-0.4, -0.2) is 41.5 Å². The molecule has 0 saturated carbocycles. The van der Waals surface area contributed by atoms with Crippen LogP contribution in [0.5, 0.6) is 11.5 Å². The molecule has 0 heterocycles. The molecule has 0 saturated heterocycles. The molecule has 0 aliphatic heterocycles. The van der Waals surface area contributed by atoms with Crippen molar-refractivity contribution in [3.63, 3.8) is 0 Å². The summed E-state index contributed by atoms with van der Waals surface area (Å²) in [6, 6.07) is 12.4. The fourth-order valence-corrected chi connectivity index (χ4v) is 3.71. The lowest BCUT2D eigenvalue weighted by molar-refractivity contribution is -0.141. The van der Waals surface area contributed by atoms with E-state index in [2.05, 4.69) is 5.32 Å². The number of carbonyl (C=O) groups excluding carboxylic acids is 2. The van der Waals surface area contributed by atoms with Gasteiger partial charge in [-0.25, -0.2) is 0 Å². The third-order valence-corrected chi connectivity index (χ3v) is 5.57. The van der Waals surface area contributed by atoms with Crippen molar-refractivity contribution in [2.45, 2.75) is 72.5 Å². The van der Waals surface area contributed by atoms with E-state index in [-0.39, 0.29) is 24.8 Å². The predicted octanol–water partition coefficient (Wildman–Crippen LogP) is 5.40. The fraction of sp³-hybridized carbons (Fsp3) is 0.481. The number of aryl methyl sites for hydroxylation is 1. The first-order valence-electron chi connectivity index (χ1n) is 11.8. The number of amides is 2. The van der Waals surface area contributed by atoms with Crippen LogP contribution in [-0.2, 0) is 22.6 Å². The van der Waals surface area contributed by atoms with E-state index in [1.165, 1.54) is 0 Å². The molecule has 2 aromatic carbocycles. The Labute approximate surface area is 208 Å². The summed E-state index contributed by atoms with van der Waals surface area (Å²) in [5, 5.41) is 3.54. The van der Waals surface area contributed by atoms with Crippen LogP contribution in [0.1, 0.15) is 59.1 Å². The van der Waals surface area contributed by atoms with Gasteiger partial charge in [0.05, 0.1) is 13.2 Å². The van der Waals surface area contributed by atoms with Crippen LogP contribution >= 0.6 is 11.6 Å². The first kappa shape index (κ1) is 27.5. The van der Waals surface area contributed by atoms with Gasteiger partial charge in [0.2, 0.25) is 11.8 Å². The molecule has 6 nitrogen and oxygen atoms in total. The standard InChI is InChI=1S/C27H37ClN2O4/c1-7-33-23-15-13-20(17-24(23)34-8-2)14-16-25(31)30(18-21-11-9-10-12-22(21)28)19(3)26(32)29-27(4,5)6/h9-13,15,17,19H,7-8,14,16,18H2,1-6H3,(H,29,32)/t19-/m1/s1. The minimum absolute atomic E-state index is 0.122. The average Bonchev–Trinajstić information content (AvgIpc) is 2.77. The first-order chi connectivity index (χ1) is 16.1. The largest absolute Gasteiger partial charge is 0.490 e. The van der Waals surface area contributed by atoms with Gasteiger partial charge in [-0.15, -0.1) is 0 Å². The van der Waals surface area contributed by atoms with Gasteiger partial charge in [0, 0.05) is 23.5 Å². The van der Waals surface area contributed by atoms with Crippen molar-refractivity contribution in [2.24, 2.45) is 0 Å². The summed E-state index contributed by atoms with van der Waals surface area (Å²) in [7, 11) is 0. The maximum atomic E-state index is 13.4. The molecule has 7 heteroatoms. The molecule has 186 valence electrons. The molecule has 0 bridgehead atoms. The Bertz CT molecular complexity index is 971. The third-order valence-electron chi connectivity index (χ3n) is 5.20. The van der Waals surface area contributed by atoms with Crippen molar-refractivity contribution < 1.29 is 19.1 Å². The number of carbonyl (C=O) groups is 2. The second-order valence-corrected chi connectivity index (χ2v) is 9.58. The predicted molar refractivity (Wildman–Crippen MR) is 136 cm³/mol. The van der Waals surface area contributed by atoms with Crippen molar-refractivity contribution >= 4 is 23.4 Å². The van der Waals surface area contributed by atoms with E-state index in [1.807, 2.05) is 71.0 Å². The minimum Gasteiger partial charge on any atom is -0.490 e. The fourth-order valence-electron chi connectivity index (χ4n) is 3.51. The van der Waals surface area contributed by atoms with E-state index in [9.17, 15) is 9.59 Å². The van der Waals surface area contributed by atoms with Crippen LogP contribution in [0.15, 0.2) is 42.5 Å². The molecule has 2 rings (SSSR count). The zero-order valence-electron chi connectivity index (χ0n) is 21.1. The Morgan fingerprint density at radius 2 is 1.68 bits per heavy atom. The van der Waals surface area contributed by atoms with Gasteiger partial charge in [-0.2, -0.15) is 0 Å². The number of benzene rings is 2. The van der Waals surface area contributed by atoms with Crippen LogP contribution in [0, 0.1) is 0 Å². The number of ether oxygens (including phenoxy) is 2. The number of nitrogens with one attached hydrogen (secondary N) is 1. The van der Waals surface area contributed by atoms with Crippen LogP contribution in [0.3, 0.4) is 0 Å². The lowest BCUT2D eigenvalue weighted by Crippen LogP contribution is -2.52. The van der Waals surface area contributed by atoms with Crippen LogP contribution in [0.25, 0.3) is 0 Å². The van der Waals surface area contributed by atoms with Gasteiger partial charge in [0.15, 0.2) is 11.5 Å². The molecule has 1 N–H and O–H groups in total. The molecule has 0 unspecified atom stereocenters. The van der Waals surface area contributed by atoms with Crippen molar-refractivity contribution in [3.05, 3.63) is 58.6 Å². The Morgan fingerprint density at radius 1 is 1.03 bits per heavy atom. The quantitative estimate of drug-likeness (QED) is 0.459. The summed E-state index contributed by atoms with van der Waals surface area (Å²) >= 11 is 6.36. The van der Waals surface area contributed by atoms with Crippen molar-refractivity contribution in [2.75, 3.05) is 13.2 Å². The molecule has 0 fully saturated rings. The van der Waals surface area contributed by atoms with E-state index in [0.717, 1.165) is 11.1 Å². The molecular formula is C27H37ClN2O4. The van der Waals surface area contributed by atoms with Crippen LogP contribution in [0.4, 0.5) is 0 Å². The molecular weight excluding hydrogens is 452 g/mol. The van der Waals surface area contributed by atoms with Crippen molar-refractivity contribution in [3.8, 4) is 11.5 Å². The van der Waals surface area contributed by atoms with Gasteiger partial charge in [-0.05, 0) is 77.3 Å². The first-order valence-corrected chi connectivity index (χ1v) is 12.2. The van der Waals surface area contributed by atoms with Gasteiger partial charge in [-0.1, -0.05) is 35.9 Å². The van der Waals surface area contributed by atoms with Crippen molar-refractivity contribution in [1.29, 1.82) is 0 Å². The maximum absolute atomic E-state index is 13.4. The Hall–Kier alpha value is -2.73. The Morgan fingerprint density at radius 3 is 2.29 bits per heavy atom. The molecule has 1 atom stereocenters. The molecule has 0 aromatic heterocycles. The molecule has 0 radical (unpaired) electrons. The minimum atomic E-state index is -0.651. The average molecular weight is 489 g/mol. The smallest absolute Gasteiger partial charge is 0.242 e. The SMILES string of the molecule is CCOc1ccc(CCC(=O)N(Cc2ccccc2Cl)[C@H](C)C(=O)NC(C)(C)C)cc1OCC. The summed E-state index contributed by atoms with van der Waals surface area (Å²) in [6.07, 6.45) is 0.759. The molecule has 2 aromatic rings. The molecule has 2 amide bonds. The number of hydrogen-bond acceptors (Lipinski definition) is 4.